The van der Waals surface area contributed by atoms with Gasteiger partial charge < -0.3 is 23.9 Å². The molecule has 1 fully saturated rings. The molecule has 1 aliphatic rings. The molecule has 0 unspecified atom stereocenters. The third-order valence-corrected chi connectivity index (χ3v) is 4.76. The van der Waals surface area contributed by atoms with Crippen molar-refractivity contribution in [2.24, 2.45) is 5.92 Å². The van der Waals surface area contributed by atoms with Crippen LogP contribution in [-0.4, -0.2) is 41.7 Å². The third-order valence-electron chi connectivity index (χ3n) is 4.76. The molecule has 170 valence electrons. The van der Waals surface area contributed by atoms with Crippen LogP contribution in [0.25, 0.3) is 22.6 Å². The molecular formula is C22H23F2N3O5. The van der Waals surface area contributed by atoms with E-state index in [0.29, 0.717) is 29.4 Å². The summed E-state index contributed by atoms with van der Waals surface area (Å²) in [4.78, 5) is 19.6. The van der Waals surface area contributed by atoms with Crippen LogP contribution in [0, 0.1) is 5.92 Å². The zero-order valence-electron chi connectivity index (χ0n) is 17.6. The fraction of sp³-hybridized carbons (Fsp3) is 0.409. The van der Waals surface area contributed by atoms with Gasteiger partial charge in [-0.2, -0.15) is 8.78 Å². The van der Waals surface area contributed by atoms with Crippen molar-refractivity contribution < 1.29 is 32.2 Å². The predicted molar refractivity (Wildman–Crippen MR) is 111 cm³/mol. The highest BCUT2D eigenvalue weighted by Crippen LogP contribution is 2.37. The number of hydrogen-bond acceptors (Lipinski definition) is 7. The van der Waals surface area contributed by atoms with E-state index in [0.717, 1.165) is 12.8 Å². The van der Waals surface area contributed by atoms with Gasteiger partial charge >= 0.3 is 6.61 Å². The number of fused-ring (bicyclic) bond motifs is 1. The molecule has 1 aromatic carbocycles. The fourth-order valence-corrected chi connectivity index (χ4v) is 3.07. The van der Waals surface area contributed by atoms with Gasteiger partial charge in [-0.3, -0.25) is 4.79 Å². The van der Waals surface area contributed by atoms with Crippen LogP contribution in [0.4, 0.5) is 8.78 Å². The van der Waals surface area contributed by atoms with E-state index in [4.69, 9.17) is 18.6 Å². The van der Waals surface area contributed by atoms with Crippen LogP contribution < -0.4 is 19.5 Å². The lowest BCUT2D eigenvalue weighted by Crippen LogP contribution is -2.35. The van der Waals surface area contributed by atoms with Crippen LogP contribution in [-0.2, 0) is 4.79 Å². The molecule has 0 bridgehead atoms. The maximum absolute atomic E-state index is 13.0. The van der Waals surface area contributed by atoms with Gasteiger partial charge in [-0.1, -0.05) is 0 Å². The Morgan fingerprint density at radius 1 is 1.28 bits per heavy atom. The molecule has 8 nitrogen and oxygen atoms in total. The number of alkyl halides is 2. The summed E-state index contributed by atoms with van der Waals surface area (Å²) in [5.41, 5.74) is 1.07. The Labute approximate surface area is 182 Å². The molecule has 4 rings (SSSR count). The van der Waals surface area contributed by atoms with Crippen molar-refractivity contribution in [2.45, 2.75) is 39.3 Å². The van der Waals surface area contributed by atoms with Crippen LogP contribution >= 0.6 is 0 Å². The maximum atomic E-state index is 13.0. The lowest BCUT2D eigenvalue weighted by molar-refractivity contribution is -0.119. The first kappa shape index (κ1) is 21.8. The van der Waals surface area contributed by atoms with Gasteiger partial charge in [-0.05, 0) is 37.8 Å². The molecule has 1 N–H and O–H groups in total. The van der Waals surface area contributed by atoms with Crippen LogP contribution in [0.3, 0.4) is 0 Å². The smallest absolute Gasteiger partial charge is 0.387 e. The molecule has 0 saturated heterocycles. The van der Waals surface area contributed by atoms with E-state index in [9.17, 15) is 13.6 Å². The Morgan fingerprint density at radius 2 is 2.09 bits per heavy atom. The quantitative estimate of drug-likeness (QED) is 0.498. The highest BCUT2D eigenvalue weighted by atomic mass is 19.3. The van der Waals surface area contributed by atoms with Crippen molar-refractivity contribution in [1.29, 1.82) is 0 Å². The van der Waals surface area contributed by atoms with Crippen LogP contribution in [0.5, 0.6) is 17.4 Å². The number of benzene rings is 1. The fourth-order valence-electron chi connectivity index (χ4n) is 3.07. The molecule has 32 heavy (non-hydrogen) atoms. The number of aromatic nitrogens is 2. The first-order chi connectivity index (χ1) is 15.4. The van der Waals surface area contributed by atoms with E-state index in [1.165, 1.54) is 19.2 Å². The predicted octanol–water partition coefficient (Wildman–Crippen LogP) is 4.18. The number of ether oxygens (including phenoxy) is 3. The minimum atomic E-state index is -3.01. The largest absolute Gasteiger partial charge is 0.493 e. The number of amides is 1. The number of carbonyl (C=O) groups is 1. The van der Waals surface area contributed by atoms with E-state index in [1.54, 1.807) is 25.1 Å². The molecule has 2 heterocycles. The summed E-state index contributed by atoms with van der Waals surface area (Å²) in [6.45, 7) is 0.979. The molecule has 0 aliphatic heterocycles. The molecule has 1 atom stereocenters. The topological polar surface area (TPSA) is 95.7 Å². The Bertz CT molecular complexity index is 1100. The second-order valence-corrected chi connectivity index (χ2v) is 7.71. The van der Waals surface area contributed by atoms with Crippen LogP contribution in [0.1, 0.15) is 26.7 Å². The second kappa shape index (κ2) is 9.37. The summed E-state index contributed by atoms with van der Waals surface area (Å²) in [7, 11) is 0. The first-order valence-corrected chi connectivity index (χ1v) is 10.3. The minimum absolute atomic E-state index is 0.0894. The Hall–Kier alpha value is -3.43. The van der Waals surface area contributed by atoms with Gasteiger partial charge in [0.15, 0.2) is 5.58 Å². The van der Waals surface area contributed by atoms with Gasteiger partial charge in [0.25, 0.3) is 0 Å². The highest BCUT2D eigenvalue weighted by Gasteiger charge is 2.23. The lowest BCUT2D eigenvalue weighted by atomic mass is 10.2. The van der Waals surface area contributed by atoms with E-state index in [2.05, 4.69) is 15.3 Å². The Kier molecular flexibility index (Phi) is 6.38. The third kappa shape index (κ3) is 5.63. The maximum Gasteiger partial charge on any atom is 0.387 e. The van der Waals surface area contributed by atoms with Gasteiger partial charge in [0, 0.05) is 19.1 Å². The number of oxazole rings is 1. The lowest BCUT2D eigenvalue weighted by Gasteiger charge is -2.12. The molecule has 10 heteroatoms. The molecule has 1 aliphatic carbocycles. The molecule has 1 saturated carbocycles. The van der Waals surface area contributed by atoms with Crippen molar-refractivity contribution in [1.82, 2.24) is 15.3 Å². The summed E-state index contributed by atoms with van der Waals surface area (Å²) in [6, 6.07) is 6.00. The van der Waals surface area contributed by atoms with Crippen LogP contribution in [0.2, 0.25) is 0 Å². The molecular weight excluding hydrogens is 424 g/mol. The number of nitrogens with zero attached hydrogens (tertiary/aromatic N) is 2. The van der Waals surface area contributed by atoms with Crippen molar-refractivity contribution >= 4 is 17.0 Å². The summed E-state index contributed by atoms with van der Waals surface area (Å²) in [5.74, 6) is 1.11. The van der Waals surface area contributed by atoms with E-state index in [1.807, 2.05) is 0 Å². The van der Waals surface area contributed by atoms with Crippen molar-refractivity contribution in [3.8, 4) is 28.8 Å². The van der Waals surface area contributed by atoms with Gasteiger partial charge in [0.05, 0.1) is 24.4 Å². The molecule has 2 aromatic heterocycles. The average molecular weight is 447 g/mol. The highest BCUT2D eigenvalue weighted by molar-refractivity contribution is 5.78. The average Bonchev–Trinajstić information content (AvgIpc) is 3.47. The van der Waals surface area contributed by atoms with E-state index in [-0.39, 0.29) is 41.6 Å². The van der Waals surface area contributed by atoms with Crippen molar-refractivity contribution in [3.63, 3.8) is 0 Å². The number of halogens is 2. The Morgan fingerprint density at radius 3 is 2.81 bits per heavy atom. The van der Waals surface area contributed by atoms with E-state index < -0.39 is 6.61 Å². The standard InChI is InChI=1S/C22H23F2N3O5/c1-12(26-13(2)28)10-30-20-8-19-17(9-25-20)27-21(31-19)16-6-5-15(29-11-14-3-4-14)7-18(16)32-22(23)24/h5-9,12,14,22H,3-4,10-11H2,1-2H3,(H,26,28)/t12-/m0/s1. The number of nitrogens with one attached hydrogen (secondary N) is 1. The Balaban J connectivity index is 1.54. The van der Waals surface area contributed by atoms with Gasteiger partial charge in [-0.15, -0.1) is 0 Å². The zero-order valence-corrected chi connectivity index (χ0v) is 17.6. The van der Waals surface area contributed by atoms with Crippen molar-refractivity contribution in [3.05, 3.63) is 30.5 Å². The first-order valence-electron chi connectivity index (χ1n) is 10.3. The summed E-state index contributed by atoms with van der Waals surface area (Å²) in [6.07, 6.45) is 3.70. The van der Waals surface area contributed by atoms with Gasteiger partial charge in [0.1, 0.15) is 23.6 Å². The van der Waals surface area contributed by atoms with E-state index >= 15 is 0 Å². The summed E-state index contributed by atoms with van der Waals surface area (Å²) < 4.78 is 47.7. The number of pyridine rings is 1. The number of rotatable bonds is 10. The van der Waals surface area contributed by atoms with Gasteiger partial charge in [-0.25, -0.2) is 9.97 Å². The SMILES string of the molecule is CC(=O)N[C@@H](C)COc1cc2oc(-c3ccc(OCC4CC4)cc3OC(F)F)nc2cn1. The number of hydrogen-bond donors (Lipinski definition) is 1. The van der Waals surface area contributed by atoms with Crippen LogP contribution in [0.15, 0.2) is 34.9 Å². The molecule has 0 radical (unpaired) electrons. The monoisotopic (exact) mass is 447 g/mol. The summed E-state index contributed by atoms with van der Waals surface area (Å²) in [5, 5.41) is 2.71. The molecule has 3 aromatic rings. The normalized spacial score (nSPS) is 14.4. The van der Waals surface area contributed by atoms with Gasteiger partial charge in [0.2, 0.25) is 17.7 Å². The second-order valence-electron chi connectivity index (χ2n) is 7.71. The molecule has 0 spiro atoms. The molecule has 1 amide bonds. The van der Waals surface area contributed by atoms with Crippen molar-refractivity contribution in [2.75, 3.05) is 13.2 Å². The minimum Gasteiger partial charge on any atom is -0.493 e. The number of carbonyl (C=O) groups excluding carboxylic acids is 1. The summed E-state index contributed by atoms with van der Waals surface area (Å²) >= 11 is 0. The zero-order chi connectivity index (χ0) is 22.7.